The van der Waals surface area contributed by atoms with Crippen molar-refractivity contribution in [3.8, 4) is 11.8 Å². The molecule has 0 aliphatic carbocycles. The van der Waals surface area contributed by atoms with Gasteiger partial charge in [-0.1, -0.05) is 11.8 Å². The van der Waals surface area contributed by atoms with Gasteiger partial charge in [0, 0.05) is 30.6 Å². The fraction of sp³-hybridized carbons (Fsp3) is 0.625. The average molecular weight is 289 g/mol. The second kappa shape index (κ2) is 6.73. The fourth-order valence-electron chi connectivity index (χ4n) is 3.25. The molecule has 4 heteroatoms. The first-order valence-corrected chi connectivity index (χ1v) is 8.41. The van der Waals surface area contributed by atoms with E-state index in [2.05, 4.69) is 33.8 Å². The summed E-state index contributed by atoms with van der Waals surface area (Å²) in [5.41, 5.74) is 5.41. The van der Waals surface area contributed by atoms with E-state index in [0.29, 0.717) is 6.54 Å². The maximum atomic E-state index is 5.41. The molecule has 0 spiro atoms. The molecule has 2 aliphatic rings. The van der Waals surface area contributed by atoms with Crippen LogP contribution in [0.4, 0.5) is 0 Å². The molecule has 20 heavy (non-hydrogen) atoms. The van der Waals surface area contributed by atoms with Gasteiger partial charge >= 0.3 is 0 Å². The van der Waals surface area contributed by atoms with Crippen molar-refractivity contribution in [2.45, 2.75) is 31.8 Å². The zero-order chi connectivity index (χ0) is 13.8. The summed E-state index contributed by atoms with van der Waals surface area (Å²) in [6, 6.07) is 5.14. The lowest BCUT2D eigenvalue weighted by Gasteiger charge is -2.23. The van der Waals surface area contributed by atoms with Crippen LogP contribution in [0.2, 0.25) is 0 Å². The number of rotatable bonds is 3. The number of nitrogens with two attached hydrogens (primary N) is 1. The first-order chi connectivity index (χ1) is 9.85. The van der Waals surface area contributed by atoms with Gasteiger partial charge < -0.3 is 5.73 Å². The summed E-state index contributed by atoms with van der Waals surface area (Å²) in [7, 11) is 0. The first-order valence-electron chi connectivity index (χ1n) is 7.59. The van der Waals surface area contributed by atoms with Gasteiger partial charge in [0.25, 0.3) is 0 Å². The van der Waals surface area contributed by atoms with E-state index in [9.17, 15) is 0 Å². The summed E-state index contributed by atoms with van der Waals surface area (Å²) < 4.78 is 0. The third kappa shape index (κ3) is 3.42. The van der Waals surface area contributed by atoms with Gasteiger partial charge in [-0.2, -0.15) is 0 Å². The van der Waals surface area contributed by atoms with Crippen molar-refractivity contribution in [1.29, 1.82) is 0 Å². The van der Waals surface area contributed by atoms with Crippen molar-refractivity contribution in [3.05, 3.63) is 21.9 Å². The number of hydrogen-bond acceptors (Lipinski definition) is 4. The van der Waals surface area contributed by atoms with Gasteiger partial charge in [-0.15, -0.1) is 11.3 Å². The largest absolute Gasteiger partial charge is 0.320 e. The molecule has 1 unspecified atom stereocenters. The maximum absolute atomic E-state index is 5.41. The van der Waals surface area contributed by atoms with Crippen molar-refractivity contribution in [2.75, 3.05) is 32.7 Å². The van der Waals surface area contributed by atoms with Gasteiger partial charge in [-0.25, -0.2) is 0 Å². The van der Waals surface area contributed by atoms with Crippen LogP contribution in [-0.4, -0.2) is 48.6 Å². The molecule has 108 valence electrons. The molecule has 2 saturated heterocycles. The van der Waals surface area contributed by atoms with Crippen LogP contribution < -0.4 is 5.73 Å². The van der Waals surface area contributed by atoms with E-state index in [1.807, 2.05) is 11.3 Å². The third-order valence-electron chi connectivity index (χ3n) is 4.26. The van der Waals surface area contributed by atoms with Gasteiger partial charge in [0.2, 0.25) is 0 Å². The predicted octanol–water partition coefficient (Wildman–Crippen LogP) is 1.73. The average Bonchev–Trinajstić information content (AvgIpc) is 3.18. The van der Waals surface area contributed by atoms with Crippen molar-refractivity contribution < 1.29 is 0 Å². The molecule has 1 aromatic rings. The molecular weight excluding hydrogens is 266 g/mol. The van der Waals surface area contributed by atoms with Gasteiger partial charge in [0.1, 0.15) is 0 Å². The lowest BCUT2D eigenvalue weighted by atomic mass is 10.2. The van der Waals surface area contributed by atoms with E-state index >= 15 is 0 Å². The normalized spacial score (nSPS) is 23.9. The Balaban J connectivity index is 1.52. The molecule has 1 aromatic heterocycles. The highest BCUT2D eigenvalue weighted by Crippen LogP contribution is 2.24. The van der Waals surface area contributed by atoms with Crippen LogP contribution in [0.5, 0.6) is 0 Å². The number of thiophene rings is 1. The molecule has 2 N–H and O–H groups in total. The Labute approximate surface area is 125 Å². The van der Waals surface area contributed by atoms with E-state index in [0.717, 1.165) is 17.5 Å². The Morgan fingerprint density at radius 2 is 2.10 bits per heavy atom. The van der Waals surface area contributed by atoms with E-state index in [4.69, 9.17) is 5.73 Å². The molecular formula is C16H23N3S. The van der Waals surface area contributed by atoms with Crippen LogP contribution in [0.15, 0.2) is 12.1 Å². The number of likely N-dealkylation sites (tertiary alicyclic amines) is 2. The van der Waals surface area contributed by atoms with Crippen LogP contribution in [-0.2, 0) is 6.54 Å². The first kappa shape index (κ1) is 14.1. The van der Waals surface area contributed by atoms with Crippen molar-refractivity contribution in [1.82, 2.24) is 9.80 Å². The minimum atomic E-state index is 0.441. The van der Waals surface area contributed by atoms with Gasteiger partial charge in [0.05, 0.1) is 11.4 Å². The minimum Gasteiger partial charge on any atom is -0.320 e. The van der Waals surface area contributed by atoms with Gasteiger partial charge in [0.15, 0.2) is 0 Å². The fourth-order valence-corrected chi connectivity index (χ4v) is 4.17. The smallest absolute Gasteiger partial charge is 0.0772 e. The zero-order valence-corrected chi connectivity index (χ0v) is 12.8. The predicted molar refractivity (Wildman–Crippen MR) is 84.7 cm³/mol. The zero-order valence-electron chi connectivity index (χ0n) is 12.0. The maximum Gasteiger partial charge on any atom is 0.0772 e. The Hall–Kier alpha value is -0.860. The van der Waals surface area contributed by atoms with Crippen LogP contribution >= 0.6 is 11.3 Å². The van der Waals surface area contributed by atoms with Crippen molar-refractivity contribution in [2.24, 2.45) is 5.73 Å². The lowest BCUT2D eigenvalue weighted by molar-refractivity contribution is 0.230. The SMILES string of the molecule is NCC#Cc1ccc(CN2CCC(N3CCCC3)C2)s1. The molecule has 3 heterocycles. The van der Waals surface area contributed by atoms with Crippen LogP contribution in [0.3, 0.4) is 0 Å². The molecule has 3 rings (SSSR count). The molecule has 2 aliphatic heterocycles. The molecule has 0 saturated carbocycles. The highest BCUT2D eigenvalue weighted by atomic mass is 32.1. The van der Waals surface area contributed by atoms with E-state index in [1.54, 1.807) is 0 Å². The summed E-state index contributed by atoms with van der Waals surface area (Å²) in [6.45, 7) is 6.63. The van der Waals surface area contributed by atoms with Crippen LogP contribution in [0, 0.1) is 11.8 Å². The quantitative estimate of drug-likeness (QED) is 0.860. The molecule has 3 nitrogen and oxygen atoms in total. The highest BCUT2D eigenvalue weighted by Gasteiger charge is 2.29. The minimum absolute atomic E-state index is 0.441. The Morgan fingerprint density at radius 3 is 2.90 bits per heavy atom. The Bertz CT molecular complexity index is 493. The molecule has 0 bridgehead atoms. The summed E-state index contributed by atoms with van der Waals surface area (Å²) in [5.74, 6) is 6.04. The van der Waals surface area contributed by atoms with Gasteiger partial charge in [-0.3, -0.25) is 9.80 Å². The van der Waals surface area contributed by atoms with E-state index in [1.165, 1.54) is 50.3 Å². The second-order valence-corrected chi connectivity index (χ2v) is 6.86. The van der Waals surface area contributed by atoms with Crippen LogP contribution in [0.25, 0.3) is 0 Å². The van der Waals surface area contributed by atoms with Crippen molar-refractivity contribution >= 4 is 11.3 Å². The monoisotopic (exact) mass is 289 g/mol. The molecule has 0 amide bonds. The third-order valence-corrected chi connectivity index (χ3v) is 5.24. The summed E-state index contributed by atoms with van der Waals surface area (Å²) in [5, 5.41) is 0. The molecule has 2 fully saturated rings. The van der Waals surface area contributed by atoms with E-state index < -0.39 is 0 Å². The Morgan fingerprint density at radius 1 is 1.25 bits per heavy atom. The highest BCUT2D eigenvalue weighted by molar-refractivity contribution is 7.12. The molecule has 1 atom stereocenters. The second-order valence-electron chi connectivity index (χ2n) is 5.69. The Kier molecular flexibility index (Phi) is 4.74. The summed E-state index contributed by atoms with van der Waals surface area (Å²) >= 11 is 1.81. The lowest BCUT2D eigenvalue weighted by Crippen LogP contribution is -2.35. The summed E-state index contributed by atoms with van der Waals surface area (Å²) in [6.07, 6.45) is 4.13. The van der Waals surface area contributed by atoms with E-state index in [-0.39, 0.29) is 0 Å². The standard InChI is InChI=1S/C16H23N3S/c17-8-3-4-15-5-6-16(20-15)13-18-11-7-14(12-18)19-9-1-2-10-19/h5-6,14H,1-2,7-13,17H2. The van der Waals surface area contributed by atoms with Gasteiger partial charge in [-0.05, 0) is 44.5 Å². The summed E-state index contributed by atoms with van der Waals surface area (Å²) in [4.78, 5) is 7.84. The molecule has 0 aromatic carbocycles. The number of hydrogen-bond donors (Lipinski definition) is 1. The van der Waals surface area contributed by atoms with Crippen LogP contribution in [0.1, 0.15) is 29.0 Å². The molecule has 0 radical (unpaired) electrons. The topological polar surface area (TPSA) is 32.5 Å². The van der Waals surface area contributed by atoms with Crippen molar-refractivity contribution in [3.63, 3.8) is 0 Å². The number of nitrogens with zero attached hydrogens (tertiary/aromatic N) is 2.